The lowest BCUT2D eigenvalue weighted by Crippen LogP contribution is -2.32. The van der Waals surface area contributed by atoms with E-state index in [1.54, 1.807) is 0 Å². The minimum Gasteiger partial charge on any atom is -0.460 e. The van der Waals surface area contributed by atoms with Crippen molar-refractivity contribution in [3.63, 3.8) is 0 Å². The first-order valence-electron chi connectivity index (χ1n) is 7.98. The fourth-order valence-electron chi connectivity index (χ4n) is 2.13. The Kier molecular flexibility index (Phi) is 9.86. The molecule has 0 aliphatic carbocycles. The Morgan fingerprint density at radius 3 is 1.85 bits per heavy atom. The Hall–Kier alpha value is -0.610. The molecule has 0 N–H and O–H groups in total. The molecule has 0 radical (unpaired) electrons. The molecule has 0 fully saturated rings. The Bertz CT molecular complexity index is 258. The third-order valence-corrected chi connectivity index (χ3v) is 3.34. The molecule has 0 aromatic carbocycles. The summed E-state index contributed by atoms with van der Waals surface area (Å²) in [7, 11) is 0. The van der Waals surface area contributed by atoms with Crippen molar-refractivity contribution in [1.29, 1.82) is 0 Å². The van der Waals surface area contributed by atoms with Gasteiger partial charge in [0.2, 0.25) is 0 Å². The van der Waals surface area contributed by atoms with E-state index in [0.717, 1.165) is 45.7 Å². The molecule has 0 aromatic heterocycles. The van der Waals surface area contributed by atoms with Gasteiger partial charge < -0.3 is 14.5 Å². The maximum Gasteiger partial charge on any atom is 0.307 e. The lowest BCUT2D eigenvalue weighted by atomic mass is 10.2. The number of nitrogens with zero attached hydrogens (tertiary/aromatic N) is 2. The molecule has 0 aliphatic rings. The average Bonchev–Trinajstić information content (AvgIpc) is 2.36. The van der Waals surface area contributed by atoms with Gasteiger partial charge in [0.15, 0.2) is 0 Å². The largest absolute Gasteiger partial charge is 0.460 e. The van der Waals surface area contributed by atoms with Crippen LogP contribution in [0.2, 0.25) is 0 Å². The van der Waals surface area contributed by atoms with E-state index in [4.69, 9.17) is 4.74 Å². The molecule has 0 bridgehead atoms. The highest BCUT2D eigenvalue weighted by molar-refractivity contribution is 5.70. The van der Waals surface area contributed by atoms with Gasteiger partial charge in [0.1, 0.15) is 5.60 Å². The number of carbonyl (C=O) groups is 1. The Morgan fingerprint density at radius 1 is 0.900 bits per heavy atom. The molecule has 0 aliphatic heterocycles. The highest BCUT2D eigenvalue weighted by atomic mass is 16.6. The Balaban J connectivity index is 3.89. The predicted molar refractivity (Wildman–Crippen MR) is 85.0 cm³/mol. The van der Waals surface area contributed by atoms with Gasteiger partial charge in [-0.05, 0) is 59.9 Å². The van der Waals surface area contributed by atoms with Crippen molar-refractivity contribution in [2.75, 3.05) is 39.3 Å². The van der Waals surface area contributed by atoms with Gasteiger partial charge in [-0.2, -0.15) is 0 Å². The van der Waals surface area contributed by atoms with Gasteiger partial charge in [-0.15, -0.1) is 0 Å². The minimum atomic E-state index is -0.378. The number of esters is 1. The molecule has 0 heterocycles. The summed E-state index contributed by atoms with van der Waals surface area (Å²) in [5.41, 5.74) is -0.378. The van der Waals surface area contributed by atoms with E-state index >= 15 is 0 Å². The summed E-state index contributed by atoms with van der Waals surface area (Å²) in [6.45, 7) is 18.5. The van der Waals surface area contributed by atoms with E-state index in [-0.39, 0.29) is 11.6 Å². The van der Waals surface area contributed by atoms with E-state index in [1.165, 1.54) is 0 Å². The van der Waals surface area contributed by atoms with Crippen molar-refractivity contribution >= 4 is 5.97 Å². The van der Waals surface area contributed by atoms with Crippen LogP contribution in [0.15, 0.2) is 0 Å². The Labute approximate surface area is 125 Å². The molecule has 0 saturated carbocycles. The van der Waals surface area contributed by atoms with Crippen molar-refractivity contribution in [3.05, 3.63) is 0 Å². The third kappa shape index (κ3) is 10.2. The van der Waals surface area contributed by atoms with E-state index < -0.39 is 0 Å². The highest BCUT2D eigenvalue weighted by Crippen LogP contribution is 2.08. The van der Waals surface area contributed by atoms with Crippen LogP contribution in [0.3, 0.4) is 0 Å². The van der Waals surface area contributed by atoms with E-state index in [0.29, 0.717) is 6.42 Å². The topological polar surface area (TPSA) is 32.8 Å². The quantitative estimate of drug-likeness (QED) is 0.578. The number of hydrogen-bond donors (Lipinski definition) is 0. The van der Waals surface area contributed by atoms with Crippen LogP contribution in [0, 0.1) is 0 Å². The third-order valence-electron chi connectivity index (χ3n) is 3.34. The van der Waals surface area contributed by atoms with E-state index in [1.807, 2.05) is 20.8 Å². The van der Waals surface area contributed by atoms with Crippen molar-refractivity contribution in [3.8, 4) is 0 Å². The second-order valence-electron chi connectivity index (χ2n) is 6.15. The summed E-state index contributed by atoms with van der Waals surface area (Å²) < 4.78 is 5.34. The van der Waals surface area contributed by atoms with Crippen LogP contribution in [0.4, 0.5) is 0 Å². The monoisotopic (exact) mass is 286 g/mol. The molecular formula is C16H34N2O2. The molecule has 0 atom stereocenters. The zero-order valence-corrected chi connectivity index (χ0v) is 14.4. The molecule has 0 unspecified atom stereocenters. The highest BCUT2D eigenvalue weighted by Gasteiger charge is 2.16. The molecule has 4 heteroatoms. The molecule has 0 amide bonds. The molecule has 0 aromatic rings. The maximum absolute atomic E-state index is 11.7. The summed E-state index contributed by atoms with van der Waals surface area (Å²) in [6, 6.07) is 0. The van der Waals surface area contributed by atoms with Gasteiger partial charge in [0.05, 0.1) is 6.42 Å². The molecular weight excluding hydrogens is 252 g/mol. The standard InChI is InChI=1S/C16H34N2O2/c1-7-17(8-2)12-10-13-18(9-3)14-11-15(19)20-16(4,5)6/h7-14H2,1-6H3. The van der Waals surface area contributed by atoms with Crippen molar-refractivity contribution < 1.29 is 9.53 Å². The number of hydrogen-bond acceptors (Lipinski definition) is 4. The first kappa shape index (κ1) is 19.4. The van der Waals surface area contributed by atoms with Crippen molar-refractivity contribution in [2.45, 2.75) is 60.0 Å². The van der Waals surface area contributed by atoms with E-state index in [9.17, 15) is 4.79 Å². The average molecular weight is 286 g/mol. The van der Waals surface area contributed by atoms with E-state index in [2.05, 4.69) is 30.6 Å². The minimum absolute atomic E-state index is 0.0975. The lowest BCUT2D eigenvalue weighted by molar-refractivity contribution is -0.155. The maximum atomic E-state index is 11.7. The lowest BCUT2D eigenvalue weighted by Gasteiger charge is -2.24. The first-order chi connectivity index (χ1) is 9.32. The normalized spacial score (nSPS) is 12.2. The van der Waals surface area contributed by atoms with Crippen LogP contribution in [0.25, 0.3) is 0 Å². The zero-order valence-electron chi connectivity index (χ0n) is 14.4. The summed E-state index contributed by atoms with van der Waals surface area (Å²) in [5.74, 6) is -0.0975. The summed E-state index contributed by atoms with van der Waals surface area (Å²) in [4.78, 5) is 16.5. The number of rotatable bonds is 10. The summed E-state index contributed by atoms with van der Waals surface area (Å²) in [5, 5.41) is 0. The van der Waals surface area contributed by atoms with Crippen LogP contribution in [-0.4, -0.2) is 60.6 Å². The molecule has 0 saturated heterocycles. The second kappa shape index (κ2) is 10.2. The number of ether oxygens (including phenoxy) is 1. The fourth-order valence-corrected chi connectivity index (χ4v) is 2.13. The zero-order chi connectivity index (χ0) is 15.6. The molecule has 20 heavy (non-hydrogen) atoms. The van der Waals surface area contributed by atoms with Crippen LogP contribution >= 0.6 is 0 Å². The van der Waals surface area contributed by atoms with Gasteiger partial charge in [-0.25, -0.2) is 0 Å². The van der Waals surface area contributed by atoms with Gasteiger partial charge in [0.25, 0.3) is 0 Å². The van der Waals surface area contributed by atoms with Crippen LogP contribution in [0.5, 0.6) is 0 Å². The molecule has 0 rings (SSSR count). The molecule has 0 spiro atoms. The van der Waals surface area contributed by atoms with Gasteiger partial charge in [-0.3, -0.25) is 4.79 Å². The van der Waals surface area contributed by atoms with Crippen molar-refractivity contribution in [1.82, 2.24) is 9.80 Å². The predicted octanol–water partition coefficient (Wildman–Crippen LogP) is 2.77. The first-order valence-corrected chi connectivity index (χ1v) is 7.98. The summed E-state index contributed by atoms with van der Waals surface area (Å²) >= 11 is 0. The van der Waals surface area contributed by atoms with Gasteiger partial charge >= 0.3 is 5.97 Å². The smallest absolute Gasteiger partial charge is 0.307 e. The molecule has 120 valence electrons. The molecule has 4 nitrogen and oxygen atoms in total. The van der Waals surface area contributed by atoms with Crippen LogP contribution < -0.4 is 0 Å². The van der Waals surface area contributed by atoms with Gasteiger partial charge in [0, 0.05) is 6.54 Å². The Morgan fingerprint density at radius 2 is 1.40 bits per heavy atom. The SMILES string of the molecule is CCN(CC)CCCN(CC)CCC(=O)OC(C)(C)C. The van der Waals surface area contributed by atoms with Gasteiger partial charge in [-0.1, -0.05) is 20.8 Å². The fraction of sp³-hybridized carbons (Fsp3) is 0.938. The van der Waals surface area contributed by atoms with Crippen molar-refractivity contribution in [2.24, 2.45) is 0 Å². The summed E-state index contributed by atoms with van der Waals surface area (Å²) in [6.07, 6.45) is 1.64. The number of carbonyl (C=O) groups excluding carboxylic acids is 1. The van der Waals surface area contributed by atoms with Crippen LogP contribution in [-0.2, 0) is 9.53 Å². The second-order valence-corrected chi connectivity index (χ2v) is 6.15. The van der Waals surface area contributed by atoms with Crippen LogP contribution in [0.1, 0.15) is 54.4 Å².